The van der Waals surface area contributed by atoms with E-state index in [9.17, 15) is 19.5 Å². The summed E-state index contributed by atoms with van der Waals surface area (Å²) >= 11 is 0. The lowest BCUT2D eigenvalue weighted by Gasteiger charge is -2.26. The molecule has 0 fully saturated rings. The van der Waals surface area contributed by atoms with Gasteiger partial charge in [-0.15, -0.1) is 0 Å². The third-order valence-corrected chi connectivity index (χ3v) is 6.85. The van der Waals surface area contributed by atoms with Gasteiger partial charge in [0.15, 0.2) is 12.4 Å². The Morgan fingerprint density at radius 2 is 1.24 bits per heavy atom. The molecule has 0 radical (unpaired) electrons. The van der Waals surface area contributed by atoms with Crippen LogP contribution in [0, 0.1) is 0 Å². The molecule has 9 heteroatoms. The van der Waals surface area contributed by atoms with Crippen molar-refractivity contribution in [3.8, 4) is 0 Å². The average Bonchev–Trinajstić information content (AvgIpc) is 3.00. The molecular formula is C37H63NO8. The van der Waals surface area contributed by atoms with E-state index in [2.05, 4.69) is 50.3 Å². The standard InChI is InChI=1S/C37H63NO8/c1-6-8-10-12-14-16-17-18-19-20-22-24-26-28-35(40)46-33(32-45-37(36(41)42)43-30-29-38(3,4)5)31-44-34(39)27-25-23-21-15-13-11-9-7-2/h8,10,14,16,18-19,22,24,33,37H,6-7,9,11-13,15,17,20-21,23,25-32H2,1-5H3/b10-8-,16-14-,19-18-,24-22-. The molecule has 0 saturated carbocycles. The smallest absolute Gasteiger partial charge is 0.306 e. The van der Waals surface area contributed by atoms with E-state index in [1.54, 1.807) is 0 Å². The number of carboxylic acid groups (broad SMARTS) is 1. The number of ether oxygens (including phenoxy) is 4. The summed E-state index contributed by atoms with van der Waals surface area (Å²) in [4.78, 5) is 36.5. The van der Waals surface area contributed by atoms with Gasteiger partial charge in [0.2, 0.25) is 0 Å². The second kappa shape index (κ2) is 29.6. The lowest BCUT2D eigenvalue weighted by molar-refractivity contribution is -0.870. The van der Waals surface area contributed by atoms with Crippen molar-refractivity contribution in [2.45, 2.75) is 123 Å². The molecule has 0 amide bonds. The Balaban J connectivity index is 4.74. The highest BCUT2D eigenvalue weighted by molar-refractivity contribution is 5.70. The molecule has 264 valence electrons. The van der Waals surface area contributed by atoms with Gasteiger partial charge < -0.3 is 33.3 Å². The Bertz CT molecular complexity index is 904. The SMILES string of the molecule is CC/C=C\C/C=C\C/C=C\C/C=C\CCC(=O)OC(COC(=O)CCCCCCCCCC)COC(OCC[N+](C)(C)C)C(=O)[O-]. The molecule has 0 aromatic rings. The number of esters is 2. The van der Waals surface area contributed by atoms with E-state index < -0.39 is 24.3 Å². The number of carbonyl (C=O) groups excluding carboxylic acids is 3. The van der Waals surface area contributed by atoms with Crippen molar-refractivity contribution in [2.24, 2.45) is 0 Å². The first kappa shape index (κ1) is 43.2. The summed E-state index contributed by atoms with van der Waals surface area (Å²) in [5.41, 5.74) is 0. The number of nitrogens with zero attached hydrogens (tertiary/aromatic N) is 1. The van der Waals surface area contributed by atoms with Crippen molar-refractivity contribution in [3.63, 3.8) is 0 Å². The second-order valence-electron chi connectivity index (χ2n) is 12.4. The van der Waals surface area contributed by atoms with Crippen LogP contribution in [0.4, 0.5) is 0 Å². The first-order chi connectivity index (χ1) is 22.1. The Kier molecular flexibility index (Phi) is 27.9. The Labute approximate surface area is 279 Å². The first-order valence-electron chi connectivity index (χ1n) is 17.3. The van der Waals surface area contributed by atoms with E-state index in [1.165, 1.54) is 32.1 Å². The van der Waals surface area contributed by atoms with E-state index in [4.69, 9.17) is 18.9 Å². The number of quaternary nitrogens is 1. The van der Waals surface area contributed by atoms with Gasteiger partial charge in [0.25, 0.3) is 0 Å². The number of rotatable bonds is 30. The van der Waals surface area contributed by atoms with Crippen LogP contribution in [-0.2, 0) is 33.3 Å². The fourth-order valence-corrected chi connectivity index (χ4v) is 4.13. The van der Waals surface area contributed by atoms with E-state index in [0.29, 0.717) is 17.4 Å². The fourth-order valence-electron chi connectivity index (χ4n) is 4.13. The van der Waals surface area contributed by atoms with Gasteiger partial charge in [-0.3, -0.25) is 9.59 Å². The molecule has 0 aromatic heterocycles. The molecule has 2 unspecified atom stereocenters. The number of carbonyl (C=O) groups is 3. The molecule has 46 heavy (non-hydrogen) atoms. The molecule has 0 bridgehead atoms. The number of carboxylic acids is 1. The predicted octanol–water partition coefficient (Wildman–Crippen LogP) is 6.37. The minimum atomic E-state index is -1.63. The molecule has 0 aromatic carbocycles. The molecule has 0 rings (SSSR count). The quantitative estimate of drug-likeness (QED) is 0.0290. The van der Waals surface area contributed by atoms with Crippen LogP contribution in [0.3, 0.4) is 0 Å². The van der Waals surface area contributed by atoms with Crippen molar-refractivity contribution >= 4 is 17.9 Å². The van der Waals surface area contributed by atoms with Crippen LogP contribution in [0.25, 0.3) is 0 Å². The minimum absolute atomic E-state index is 0.126. The first-order valence-corrected chi connectivity index (χ1v) is 17.3. The van der Waals surface area contributed by atoms with Gasteiger partial charge in [0, 0.05) is 12.8 Å². The number of hydrogen-bond acceptors (Lipinski definition) is 8. The fraction of sp³-hybridized carbons (Fsp3) is 0.703. The Morgan fingerprint density at radius 1 is 0.674 bits per heavy atom. The number of likely N-dealkylation sites (N-methyl/N-ethyl adjacent to an activating group) is 1. The predicted molar refractivity (Wildman–Crippen MR) is 182 cm³/mol. The maximum Gasteiger partial charge on any atom is 0.306 e. The van der Waals surface area contributed by atoms with Crippen LogP contribution in [0.15, 0.2) is 48.6 Å². The molecule has 0 aliphatic rings. The lowest BCUT2D eigenvalue weighted by atomic mass is 10.1. The molecule has 2 atom stereocenters. The third kappa shape index (κ3) is 29.9. The van der Waals surface area contributed by atoms with Crippen LogP contribution in [0.2, 0.25) is 0 Å². The van der Waals surface area contributed by atoms with Crippen LogP contribution < -0.4 is 5.11 Å². The zero-order chi connectivity index (χ0) is 34.3. The van der Waals surface area contributed by atoms with E-state index in [-0.39, 0.29) is 38.6 Å². The lowest BCUT2D eigenvalue weighted by Crippen LogP contribution is -2.44. The summed E-state index contributed by atoms with van der Waals surface area (Å²) in [6.45, 7) is 4.45. The summed E-state index contributed by atoms with van der Waals surface area (Å²) in [5, 5.41) is 11.6. The molecular weight excluding hydrogens is 586 g/mol. The zero-order valence-electron chi connectivity index (χ0n) is 29.4. The van der Waals surface area contributed by atoms with Crippen LogP contribution in [-0.4, -0.2) is 82.3 Å². The van der Waals surface area contributed by atoms with Crippen LogP contribution in [0.1, 0.15) is 110 Å². The van der Waals surface area contributed by atoms with Crippen molar-refractivity contribution in [3.05, 3.63) is 48.6 Å². The van der Waals surface area contributed by atoms with Crippen LogP contribution >= 0.6 is 0 Å². The third-order valence-electron chi connectivity index (χ3n) is 6.85. The molecule has 0 N–H and O–H groups in total. The summed E-state index contributed by atoms with van der Waals surface area (Å²) < 4.78 is 22.2. The van der Waals surface area contributed by atoms with Gasteiger partial charge >= 0.3 is 11.9 Å². The second-order valence-corrected chi connectivity index (χ2v) is 12.4. The van der Waals surface area contributed by atoms with Crippen LogP contribution in [0.5, 0.6) is 0 Å². The normalized spacial score (nSPS) is 13.7. The topological polar surface area (TPSA) is 111 Å². The van der Waals surface area contributed by atoms with Gasteiger partial charge in [-0.05, 0) is 38.5 Å². The van der Waals surface area contributed by atoms with Gasteiger partial charge in [-0.2, -0.15) is 0 Å². The van der Waals surface area contributed by atoms with E-state index in [1.807, 2.05) is 33.3 Å². The monoisotopic (exact) mass is 649 g/mol. The van der Waals surface area contributed by atoms with Crippen molar-refractivity contribution in [1.82, 2.24) is 0 Å². The van der Waals surface area contributed by atoms with Gasteiger partial charge in [-0.25, -0.2) is 0 Å². The largest absolute Gasteiger partial charge is 0.545 e. The van der Waals surface area contributed by atoms with Gasteiger partial charge in [0.1, 0.15) is 13.2 Å². The van der Waals surface area contributed by atoms with Crippen molar-refractivity contribution in [2.75, 3.05) is 47.5 Å². The Morgan fingerprint density at radius 3 is 1.80 bits per heavy atom. The maximum atomic E-state index is 12.6. The zero-order valence-corrected chi connectivity index (χ0v) is 29.4. The molecule has 0 heterocycles. The summed E-state index contributed by atoms with van der Waals surface area (Å²) in [7, 11) is 5.86. The minimum Gasteiger partial charge on any atom is -0.545 e. The summed E-state index contributed by atoms with van der Waals surface area (Å²) in [5.74, 6) is -2.41. The number of aliphatic carboxylic acids is 1. The number of unbranched alkanes of at least 4 members (excludes halogenated alkanes) is 7. The van der Waals surface area contributed by atoms with Crippen molar-refractivity contribution in [1.29, 1.82) is 0 Å². The van der Waals surface area contributed by atoms with Gasteiger partial charge in [-0.1, -0.05) is 107 Å². The summed E-state index contributed by atoms with van der Waals surface area (Å²) in [6.07, 6.45) is 27.5. The highest BCUT2D eigenvalue weighted by atomic mass is 16.7. The highest BCUT2D eigenvalue weighted by Gasteiger charge is 2.21. The van der Waals surface area contributed by atoms with Crippen molar-refractivity contribution < 1.29 is 42.9 Å². The number of hydrogen-bond donors (Lipinski definition) is 0. The maximum absolute atomic E-state index is 12.6. The average molecular weight is 650 g/mol. The summed E-state index contributed by atoms with van der Waals surface area (Å²) in [6, 6.07) is 0. The number of allylic oxidation sites excluding steroid dienone is 8. The highest BCUT2D eigenvalue weighted by Crippen LogP contribution is 2.11. The van der Waals surface area contributed by atoms with E-state index >= 15 is 0 Å². The van der Waals surface area contributed by atoms with Gasteiger partial charge in [0.05, 0.1) is 40.3 Å². The molecule has 0 spiro atoms. The molecule has 0 aliphatic heterocycles. The Hall–Kier alpha value is -2.75. The molecule has 0 aliphatic carbocycles. The molecule has 9 nitrogen and oxygen atoms in total. The molecule has 0 saturated heterocycles. The van der Waals surface area contributed by atoms with E-state index in [0.717, 1.165) is 44.9 Å².